The van der Waals surface area contributed by atoms with E-state index in [1.54, 1.807) is 12.1 Å². The number of hydrogen-bond donors (Lipinski definition) is 3. The number of benzene rings is 2. The topological polar surface area (TPSA) is 52.5 Å². The monoisotopic (exact) mass is 277 g/mol. The zero-order chi connectivity index (χ0) is 13.8. The molecule has 0 heterocycles. The average Bonchev–Trinajstić information content (AvgIpc) is 2.37. The summed E-state index contributed by atoms with van der Waals surface area (Å²) < 4.78 is 0. The Bertz CT molecular complexity index is 572. The van der Waals surface area contributed by atoms with Crippen molar-refractivity contribution in [1.82, 2.24) is 5.32 Å². The van der Waals surface area contributed by atoms with Crippen molar-refractivity contribution in [3.63, 3.8) is 0 Å². The molecule has 0 saturated carbocycles. The average molecular weight is 278 g/mol. The first-order valence-electron chi connectivity index (χ1n) is 6.06. The van der Waals surface area contributed by atoms with Crippen LogP contribution >= 0.6 is 11.6 Å². The van der Waals surface area contributed by atoms with E-state index in [0.717, 1.165) is 16.1 Å². The molecule has 0 saturated heterocycles. The molecule has 0 amide bonds. The summed E-state index contributed by atoms with van der Waals surface area (Å²) in [6.45, 7) is 2.56. The van der Waals surface area contributed by atoms with Gasteiger partial charge in [-0.3, -0.25) is 0 Å². The van der Waals surface area contributed by atoms with Crippen molar-refractivity contribution in [2.45, 2.75) is 19.5 Å². The van der Waals surface area contributed by atoms with E-state index in [-0.39, 0.29) is 17.5 Å². The standard InChI is InChI=1S/C15H16ClNO2/c1-10(13-7-6-12(18)8-15(13)19)17-9-11-4-2-3-5-14(11)16/h2-8,10,17-19H,9H2,1H3. The van der Waals surface area contributed by atoms with E-state index in [4.69, 9.17) is 11.6 Å². The molecule has 0 spiro atoms. The molecule has 0 radical (unpaired) electrons. The van der Waals surface area contributed by atoms with Gasteiger partial charge >= 0.3 is 0 Å². The van der Waals surface area contributed by atoms with E-state index >= 15 is 0 Å². The minimum absolute atomic E-state index is 0.0446. The lowest BCUT2D eigenvalue weighted by molar-refractivity contribution is 0.436. The molecule has 0 fully saturated rings. The Kier molecular flexibility index (Phi) is 4.30. The van der Waals surface area contributed by atoms with Crippen LogP contribution in [0.15, 0.2) is 42.5 Å². The van der Waals surface area contributed by atoms with Crippen LogP contribution in [0.3, 0.4) is 0 Å². The van der Waals surface area contributed by atoms with E-state index in [9.17, 15) is 10.2 Å². The number of halogens is 1. The van der Waals surface area contributed by atoms with Crippen LogP contribution in [0.25, 0.3) is 0 Å². The maximum Gasteiger partial charge on any atom is 0.124 e. The van der Waals surface area contributed by atoms with Gasteiger partial charge in [-0.1, -0.05) is 35.9 Å². The number of aromatic hydroxyl groups is 2. The molecule has 0 aromatic heterocycles. The van der Waals surface area contributed by atoms with Crippen LogP contribution in [0.2, 0.25) is 5.02 Å². The zero-order valence-corrected chi connectivity index (χ0v) is 11.4. The van der Waals surface area contributed by atoms with Crippen LogP contribution in [-0.2, 0) is 6.54 Å². The second kappa shape index (κ2) is 5.95. The molecular formula is C15H16ClNO2. The second-order valence-corrected chi connectivity index (χ2v) is 4.84. The number of phenolic OH excluding ortho intramolecular Hbond substituents is 2. The summed E-state index contributed by atoms with van der Waals surface area (Å²) in [6, 6.07) is 12.2. The molecule has 3 N–H and O–H groups in total. The maximum absolute atomic E-state index is 9.79. The van der Waals surface area contributed by atoms with Crippen LogP contribution in [-0.4, -0.2) is 10.2 Å². The van der Waals surface area contributed by atoms with E-state index in [2.05, 4.69) is 5.32 Å². The summed E-state index contributed by atoms with van der Waals surface area (Å²) in [5, 5.41) is 23.1. The predicted molar refractivity (Wildman–Crippen MR) is 76.5 cm³/mol. The highest BCUT2D eigenvalue weighted by molar-refractivity contribution is 6.31. The van der Waals surface area contributed by atoms with Crippen molar-refractivity contribution in [2.24, 2.45) is 0 Å². The van der Waals surface area contributed by atoms with E-state index < -0.39 is 0 Å². The van der Waals surface area contributed by atoms with Crippen molar-refractivity contribution in [3.05, 3.63) is 58.6 Å². The first-order valence-corrected chi connectivity index (χ1v) is 6.44. The Labute approximate surface area is 117 Å². The molecule has 3 nitrogen and oxygen atoms in total. The largest absolute Gasteiger partial charge is 0.508 e. The van der Waals surface area contributed by atoms with Gasteiger partial charge in [0.1, 0.15) is 11.5 Å². The molecule has 1 atom stereocenters. The van der Waals surface area contributed by atoms with Gasteiger partial charge in [-0.05, 0) is 24.6 Å². The molecule has 0 aliphatic rings. The summed E-state index contributed by atoms with van der Waals surface area (Å²) in [5.41, 5.74) is 1.75. The van der Waals surface area contributed by atoms with Gasteiger partial charge in [0.25, 0.3) is 0 Å². The third-order valence-electron chi connectivity index (χ3n) is 3.04. The Morgan fingerprint density at radius 2 is 1.89 bits per heavy atom. The Hall–Kier alpha value is -1.71. The summed E-state index contributed by atoms with van der Waals surface area (Å²) in [6.07, 6.45) is 0. The summed E-state index contributed by atoms with van der Waals surface area (Å²) >= 11 is 6.08. The fourth-order valence-electron chi connectivity index (χ4n) is 1.91. The van der Waals surface area contributed by atoms with Crippen LogP contribution in [0.1, 0.15) is 24.1 Å². The Morgan fingerprint density at radius 1 is 1.16 bits per heavy atom. The fourth-order valence-corrected chi connectivity index (χ4v) is 2.12. The van der Waals surface area contributed by atoms with Gasteiger partial charge in [0, 0.05) is 29.2 Å². The number of phenols is 2. The minimum atomic E-state index is -0.0446. The molecule has 2 rings (SSSR count). The van der Waals surface area contributed by atoms with E-state index in [1.807, 2.05) is 31.2 Å². The normalized spacial score (nSPS) is 12.3. The highest BCUT2D eigenvalue weighted by Gasteiger charge is 2.11. The van der Waals surface area contributed by atoms with Gasteiger partial charge in [0.15, 0.2) is 0 Å². The molecule has 2 aromatic carbocycles. The molecule has 1 unspecified atom stereocenters. The van der Waals surface area contributed by atoms with Crippen molar-refractivity contribution in [2.75, 3.05) is 0 Å². The van der Waals surface area contributed by atoms with Crippen molar-refractivity contribution in [1.29, 1.82) is 0 Å². The van der Waals surface area contributed by atoms with Gasteiger partial charge < -0.3 is 15.5 Å². The van der Waals surface area contributed by atoms with E-state index in [1.165, 1.54) is 6.07 Å². The van der Waals surface area contributed by atoms with Crippen LogP contribution < -0.4 is 5.32 Å². The van der Waals surface area contributed by atoms with Crippen molar-refractivity contribution >= 4 is 11.6 Å². The molecular weight excluding hydrogens is 262 g/mol. The SMILES string of the molecule is CC(NCc1ccccc1Cl)c1ccc(O)cc1O. The zero-order valence-electron chi connectivity index (χ0n) is 10.6. The molecule has 100 valence electrons. The molecule has 2 aromatic rings. The first kappa shape index (κ1) is 13.7. The lowest BCUT2D eigenvalue weighted by atomic mass is 10.1. The molecule has 0 aliphatic heterocycles. The second-order valence-electron chi connectivity index (χ2n) is 4.44. The van der Waals surface area contributed by atoms with Gasteiger partial charge in [-0.25, -0.2) is 0 Å². The van der Waals surface area contributed by atoms with Crippen LogP contribution in [0, 0.1) is 0 Å². The van der Waals surface area contributed by atoms with Crippen molar-refractivity contribution < 1.29 is 10.2 Å². The van der Waals surface area contributed by atoms with Gasteiger partial charge in [0.05, 0.1) is 0 Å². The number of hydrogen-bond acceptors (Lipinski definition) is 3. The molecule has 0 bridgehead atoms. The van der Waals surface area contributed by atoms with E-state index in [0.29, 0.717) is 6.54 Å². The van der Waals surface area contributed by atoms with Gasteiger partial charge in [-0.15, -0.1) is 0 Å². The highest BCUT2D eigenvalue weighted by Crippen LogP contribution is 2.28. The fraction of sp³-hybridized carbons (Fsp3) is 0.200. The van der Waals surface area contributed by atoms with Crippen LogP contribution in [0.5, 0.6) is 11.5 Å². The third-order valence-corrected chi connectivity index (χ3v) is 3.41. The van der Waals surface area contributed by atoms with Crippen LogP contribution in [0.4, 0.5) is 0 Å². The number of rotatable bonds is 4. The van der Waals surface area contributed by atoms with Gasteiger partial charge in [0.2, 0.25) is 0 Å². The highest BCUT2D eigenvalue weighted by atomic mass is 35.5. The molecule has 0 aliphatic carbocycles. The third kappa shape index (κ3) is 3.40. The predicted octanol–water partition coefficient (Wildman–Crippen LogP) is 3.60. The lowest BCUT2D eigenvalue weighted by Gasteiger charge is -2.16. The summed E-state index contributed by atoms with van der Waals surface area (Å²) in [5.74, 6) is 0.138. The number of nitrogens with one attached hydrogen (secondary N) is 1. The summed E-state index contributed by atoms with van der Waals surface area (Å²) in [7, 11) is 0. The smallest absolute Gasteiger partial charge is 0.124 e. The molecule has 4 heteroatoms. The molecule has 19 heavy (non-hydrogen) atoms. The van der Waals surface area contributed by atoms with Crippen molar-refractivity contribution in [3.8, 4) is 11.5 Å². The quantitative estimate of drug-likeness (QED) is 0.800. The Morgan fingerprint density at radius 3 is 2.58 bits per heavy atom. The first-order chi connectivity index (χ1) is 9.08. The maximum atomic E-state index is 9.79. The minimum Gasteiger partial charge on any atom is -0.508 e. The van der Waals surface area contributed by atoms with Gasteiger partial charge in [-0.2, -0.15) is 0 Å². The summed E-state index contributed by atoms with van der Waals surface area (Å²) in [4.78, 5) is 0. The lowest BCUT2D eigenvalue weighted by Crippen LogP contribution is -2.18. The Balaban J connectivity index is 2.05.